The van der Waals surface area contributed by atoms with Gasteiger partial charge in [0.05, 0.1) is 4.90 Å². The highest BCUT2D eigenvalue weighted by Gasteiger charge is 2.18. The second-order valence-corrected chi connectivity index (χ2v) is 10.2. The van der Waals surface area contributed by atoms with Crippen molar-refractivity contribution in [2.75, 3.05) is 6.26 Å². The summed E-state index contributed by atoms with van der Waals surface area (Å²) in [6.07, 6.45) is 6.10. The first kappa shape index (κ1) is 21.1. The molecular weight excluding hydrogens is 434 g/mol. The Balaban J connectivity index is 1.84. The molecule has 0 atom stereocenters. The quantitative estimate of drug-likeness (QED) is 0.470. The van der Waals surface area contributed by atoms with E-state index in [1.807, 2.05) is 25.1 Å². The minimum absolute atomic E-state index is 0.149. The van der Waals surface area contributed by atoms with Crippen molar-refractivity contribution >= 4 is 38.5 Å². The van der Waals surface area contributed by atoms with Gasteiger partial charge in [-0.05, 0) is 48.9 Å². The van der Waals surface area contributed by atoms with E-state index < -0.39 is 15.8 Å². The summed E-state index contributed by atoms with van der Waals surface area (Å²) in [6.45, 7) is 1.74. The number of hydrogen-bond donors (Lipinski definition) is 1. The Kier molecular flexibility index (Phi) is 5.55. The molecule has 0 bridgehead atoms. The first-order valence-electron chi connectivity index (χ1n) is 9.32. The van der Waals surface area contributed by atoms with Crippen LogP contribution in [-0.4, -0.2) is 40.3 Å². The minimum Gasteiger partial charge on any atom is -0.480 e. The summed E-state index contributed by atoms with van der Waals surface area (Å²) in [7, 11) is -3.27. The number of benzene rings is 2. The maximum absolute atomic E-state index is 11.7. The lowest BCUT2D eigenvalue weighted by atomic mass is 10.1. The fourth-order valence-corrected chi connectivity index (χ4v) is 5.09. The highest BCUT2D eigenvalue weighted by Crippen LogP contribution is 2.40. The Hall–Kier alpha value is -3.17. The van der Waals surface area contributed by atoms with E-state index in [0.29, 0.717) is 0 Å². The van der Waals surface area contributed by atoms with Crippen molar-refractivity contribution in [1.82, 2.24) is 14.5 Å². The van der Waals surface area contributed by atoms with Crippen LogP contribution in [0.4, 0.5) is 0 Å². The molecule has 2 aromatic heterocycles. The van der Waals surface area contributed by atoms with Crippen molar-refractivity contribution in [3.05, 3.63) is 66.9 Å². The van der Waals surface area contributed by atoms with E-state index in [4.69, 9.17) is 0 Å². The van der Waals surface area contributed by atoms with E-state index in [1.54, 1.807) is 41.2 Å². The van der Waals surface area contributed by atoms with Crippen LogP contribution in [0.1, 0.15) is 5.69 Å². The Bertz CT molecular complexity index is 1380. The lowest BCUT2D eigenvalue weighted by molar-refractivity contribution is -0.137. The molecule has 0 amide bonds. The molecule has 4 rings (SSSR count). The van der Waals surface area contributed by atoms with Crippen LogP contribution in [0.25, 0.3) is 22.0 Å². The number of carboxylic acids is 1. The second-order valence-electron chi connectivity index (χ2n) is 7.10. The maximum Gasteiger partial charge on any atom is 0.323 e. The van der Waals surface area contributed by atoms with Crippen LogP contribution < -0.4 is 0 Å². The van der Waals surface area contributed by atoms with E-state index >= 15 is 0 Å². The smallest absolute Gasteiger partial charge is 0.323 e. The molecule has 2 heterocycles. The first-order valence-corrected chi connectivity index (χ1v) is 12.0. The fraction of sp³-hybridized carbons (Fsp3) is 0.136. The number of rotatable bonds is 6. The van der Waals surface area contributed by atoms with E-state index in [-0.39, 0.29) is 11.4 Å². The van der Waals surface area contributed by atoms with Crippen molar-refractivity contribution in [2.45, 2.75) is 28.2 Å². The molecule has 158 valence electrons. The zero-order valence-electron chi connectivity index (χ0n) is 16.8. The van der Waals surface area contributed by atoms with Gasteiger partial charge in [-0.25, -0.2) is 18.4 Å². The van der Waals surface area contributed by atoms with E-state index in [9.17, 15) is 18.3 Å². The maximum atomic E-state index is 11.7. The average molecular weight is 454 g/mol. The topological polar surface area (TPSA) is 102 Å². The van der Waals surface area contributed by atoms with Gasteiger partial charge in [-0.1, -0.05) is 17.8 Å². The van der Waals surface area contributed by atoms with Gasteiger partial charge in [0.1, 0.15) is 12.9 Å². The zero-order chi connectivity index (χ0) is 22.2. The molecular formula is C22H19N3O4S2. The van der Waals surface area contributed by atoms with Gasteiger partial charge in [-0.2, -0.15) is 0 Å². The van der Waals surface area contributed by atoms with Crippen molar-refractivity contribution in [3.63, 3.8) is 0 Å². The number of aliphatic carboxylic acids is 1. The second kappa shape index (κ2) is 8.16. The summed E-state index contributed by atoms with van der Waals surface area (Å²) in [5.74, 6) is -0.922. The third-order valence-corrected chi connectivity index (χ3v) is 7.28. The van der Waals surface area contributed by atoms with Crippen molar-refractivity contribution in [2.24, 2.45) is 0 Å². The van der Waals surface area contributed by atoms with Crippen LogP contribution in [0.5, 0.6) is 0 Å². The molecule has 2 aromatic carbocycles. The molecule has 4 aromatic rings. The lowest BCUT2D eigenvalue weighted by Crippen LogP contribution is -2.09. The number of carbonyl (C=O) groups is 1. The average Bonchev–Trinajstić information content (AvgIpc) is 2.99. The number of hydrogen-bond acceptors (Lipinski definition) is 6. The fourth-order valence-electron chi connectivity index (χ4n) is 3.42. The summed E-state index contributed by atoms with van der Waals surface area (Å²) in [5, 5.41) is 10.3. The van der Waals surface area contributed by atoms with Crippen LogP contribution in [0.3, 0.4) is 0 Å². The number of carboxylic acid groups (broad SMARTS) is 1. The zero-order valence-corrected chi connectivity index (χ0v) is 18.4. The number of nitrogens with zero attached hydrogens (tertiary/aromatic N) is 3. The van der Waals surface area contributed by atoms with Crippen LogP contribution in [0.15, 0.2) is 75.9 Å². The van der Waals surface area contributed by atoms with E-state index in [0.717, 1.165) is 37.5 Å². The van der Waals surface area contributed by atoms with Crippen molar-refractivity contribution in [1.29, 1.82) is 0 Å². The van der Waals surface area contributed by atoms with Crippen LogP contribution in [0, 0.1) is 6.92 Å². The predicted molar refractivity (Wildman–Crippen MR) is 119 cm³/mol. The largest absolute Gasteiger partial charge is 0.480 e. The van der Waals surface area contributed by atoms with Crippen molar-refractivity contribution < 1.29 is 18.3 Å². The van der Waals surface area contributed by atoms with Gasteiger partial charge < -0.3 is 9.67 Å². The molecule has 0 fully saturated rings. The Morgan fingerprint density at radius 2 is 1.74 bits per heavy atom. The third-order valence-electron chi connectivity index (χ3n) is 4.92. The molecule has 0 unspecified atom stereocenters. The minimum atomic E-state index is -3.27. The van der Waals surface area contributed by atoms with Gasteiger partial charge in [0.25, 0.3) is 0 Å². The molecule has 0 aliphatic rings. The molecule has 0 radical (unpaired) electrons. The SMILES string of the molecule is Cc1c(Sc2ccc(S(C)(=O)=O)cc2)c2cc(-c3cncnc3)ccc2n1CC(=O)O. The number of fused-ring (bicyclic) bond motifs is 1. The van der Waals surface area contributed by atoms with Gasteiger partial charge in [0.15, 0.2) is 9.84 Å². The Labute approximate surface area is 183 Å². The number of sulfone groups is 1. The number of aromatic nitrogens is 3. The van der Waals surface area contributed by atoms with Gasteiger partial charge >= 0.3 is 5.97 Å². The molecule has 31 heavy (non-hydrogen) atoms. The lowest BCUT2D eigenvalue weighted by Gasteiger charge is -2.06. The van der Waals surface area contributed by atoms with Crippen LogP contribution >= 0.6 is 11.8 Å². The summed E-state index contributed by atoms with van der Waals surface area (Å²) in [5.41, 5.74) is 3.43. The summed E-state index contributed by atoms with van der Waals surface area (Å²) in [6, 6.07) is 12.5. The molecule has 7 nitrogen and oxygen atoms in total. The molecule has 0 saturated carbocycles. The van der Waals surface area contributed by atoms with E-state index in [1.165, 1.54) is 24.3 Å². The normalized spacial score (nSPS) is 11.7. The summed E-state index contributed by atoms with van der Waals surface area (Å²) < 4.78 is 25.2. The van der Waals surface area contributed by atoms with Gasteiger partial charge in [0, 0.05) is 50.6 Å². The molecule has 0 aliphatic carbocycles. The van der Waals surface area contributed by atoms with Crippen LogP contribution in [-0.2, 0) is 21.2 Å². The molecule has 0 saturated heterocycles. The molecule has 0 aliphatic heterocycles. The van der Waals surface area contributed by atoms with Gasteiger partial charge in [-0.3, -0.25) is 4.79 Å². The highest BCUT2D eigenvalue weighted by molar-refractivity contribution is 7.99. The predicted octanol–water partition coefficient (Wildman–Crippen LogP) is 4.05. The summed E-state index contributed by atoms with van der Waals surface area (Å²) >= 11 is 1.48. The highest BCUT2D eigenvalue weighted by atomic mass is 32.2. The monoisotopic (exact) mass is 453 g/mol. The van der Waals surface area contributed by atoms with Gasteiger partial charge in [-0.15, -0.1) is 0 Å². The third kappa shape index (κ3) is 4.33. The first-order chi connectivity index (χ1) is 14.7. The molecule has 1 N–H and O–H groups in total. The standard InChI is InChI=1S/C22H19N3O4S2/c1-14-22(30-17-4-6-18(7-5-17)31(2,28)29)19-9-15(16-10-23-13-24-11-16)3-8-20(19)25(14)12-21(26)27/h3-11,13H,12H2,1-2H3,(H,26,27). The Morgan fingerprint density at radius 3 is 2.35 bits per heavy atom. The van der Waals surface area contributed by atoms with Crippen LogP contribution in [0.2, 0.25) is 0 Å². The van der Waals surface area contributed by atoms with Crippen molar-refractivity contribution in [3.8, 4) is 11.1 Å². The molecule has 9 heteroatoms. The molecule has 0 spiro atoms. The Morgan fingerprint density at radius 1 is 1.06 bits per heavy atom. The summed E-state index contributed by atoms with van der Waals surface area (Å²) in [4.78, 5) is 21.6. The van der Waals surface area contributed by atoms with E-state index in [2.05, 4.69) is 9.97 Å². The van der Waals surface area contributed by atoms with Gasteiger partial charge in [0.2, 0.25) is 0 Å².